The number of aryl methyl sites for hydroxylation is 2. The number of amides is 1. The van der Waals surface area contributed by atoms with Gasteiger partial charge in [0.1, 0.15) is 5.76 Å². The first-order chi connectivity index (χ1) is 11.6. The minimum atomic E-state index is 0.0325. The molecule has 1 aliphatic carbocycles. The number of fused-ring (bicyclic) bond motifs is 1. The van der Waals surface area contributed by atoms with E-state index < -0.39 is 0 Å². The Kier molecular flexibility index (Phi) is 5.74. The molecular formula is C19H26N2O2S. The quantitative estimate of drug-likeness (QED) is 0.889. The first kappa shape index (κ1) is 17.2. The molecule has 1 unspecified atom stereocenters. The molecule has 0 saturated heterocycles. The molecule has 0 radical (unpaired) electrons. The Bertz CT molecular complexity index is 635. The molecule has 2 aromatic rings. The lowest BCUT2D eigenvalue weighted by Crippen LogP contribution is -2.34. The zero-order chi connectivity index (χ0) is 16.9. The Morgan fingerprint density at radius 2 is 2.08 bits per heavy atom. The highest BCUT2D eigenvalue weighted by atomic mass is 32.1. The van der Waals surface area contributed by atoms with Crippen LogP contribution in [0.15, 0.2) is 28.9 Å². The molecule has 1 amide bonds. The van der Waals surface area contributed by atoms with Crippen LogP contribution >= 0.6 is 11.3 Å². The second-order valence-electron chi connectivity index (χ2n) is 6.68. The van der Waals surface area contributed by atoms with Crippen molar-refractivity contribution in [3.8, 4) is 0 Å². The van der Waals surface area contributed by atoms with E-state index in [1.165, 1.54) is 36.1 Å². The molecule has 1 N–H and O–H groups in total. The van der Waals surface area contributed by atoms with Crippen molar-refractivity contribution >= 4 is 17.2 Å². The van der Waals surface area contributed by atoms with Crippen LogP contribution in [-0.2, 0) is 12.8 Å². The van der Waals surface area contributed by atoms with Crippen LogP contribution in [0.3, 0.4) is 0 Å². The smallest absolute Gasteiger partial charge is 0.261 e. The molecule has 0 bridgehead atoms. The van der Waals surface area contributed by atoms with Gasteiger partial charge in [0.15, 0.2) is 0 Å². The van der Waals surface area contributed by atoms with Crippen LogP contribution in [0.25, 0.3) is 0 Å². The lowest BCUT2D eigenvalue weighted by atomic mass is 10.00. The third-order valence-corrected chi connectivity index (χ3v) is 5.91. The van der Waals surface area contributed by atoms with Gasteiger partial charge in [0.25, 0.3) is 5.91 Å². The summed E-state index contributed by atoms with van der Waals surface area (Å²) in [6, 6.07) is 5.99. The van der Waals surface area contributed by atoms with Crippen molar-refractivity contribution in [2.45, 2.75) is 44.6 Å². The van der Waals surface area contributed by atoms with Crippen LogP contribution in [0.5, 0.6) is 0 Å². The Hall–Kier alpha value is -1.59. The van der Waals surface area contributed by atoms with Gasteiger partial charge in [0.2, 0.25) is 0 Å². The van der Waals surface area contributed by atoms with Crippen molar-refractivity contribution in [2.24, 2.45) is 0 Å². The highest BCUT2D eigenvalue weighted by Crippen LogP contribution is 2.28. The number of hydrogen-bond acceptors (Lipinski definition) is 4. The van der Waals surface area contributed by atoms with Gasteiger partial charge in [-0.25, -0.2) is 0 Å². The molecule has 4 nitrogen and oxygen atoms in total. The summed E-state index contributed by atoms with van der Waals surface area (Å²) in [5.41, 5.74) is 1.39. The molecular weight excluding hydrogens is 320 g/mol. The highest BCUT2D eigenvalue weighted by Gasteiger charge is 2.20. The van der Waals surface area contributed by atoms with E-state index in [0.29, 0.717) is 6.54 Å². The first-order valence-electron chi connectivity index (χ1n) is 8.75. The van der Waals surface area contributed by atoms with Crippen molar-refractivity contribution < 1.29 is 9.21 Å². The molecule has 5 heteroatoms. The molecule has 2 heterocycles. The number of thiophene rings is 1. The predicted molar refractivity (Wildman–Crippen MR) is 97.7 cm³/mol. The van der Waals surface area contributed by atoms with Gasteiger partial charge in [-0.15, -0.1) is 11.3 Å². The molecule has 2 aromatic heterocycles. The molecule has 0 saturated carbocycles. The van der Waals surface area contributed by atoms with Gasteiger partial charge < -0.3 is 9.73 Å². The van der Waals surface area contributed by atoms with E-state index in [0.717, 1.165) is 23.5 Å². The SMILES string of the molecule is CN(C)C(CNC(=O)c1cc2c(s1)CCCCCC2)c1ccco1. The second kappa shape index (κ2) is 7.99. The standard InChI is InChI=1S/C19H26N2O2S/c1-21(2)15(16-9-7-11-23-16)13-20-19(22)18-12-14-8-5-3-4-6-10-17(14)24-18/h7,9,11-12,15H,3-6,8,10,13H2,1-2H3,(H,20,22). The number of nitrogens with one attached hydrogen (secondary N) is 1. The van der Waals surface area contributed by atoms with Gasteiger partial charge in [-0.1, -0.05) is 12.8 Å². The van der Waals surface area contributed by atoms with Crippen LogP contribution in [0, 0.1) is 0 Å². The lowest BCUT2D eigenvalue weighted by molar-refractivity contribution is 0.0943. The van der Waals surface area contributed by atoms with Crippen molar-refractivity contribution in [3.05, 3.63) is 45.5 Å². The van der Waals surface area contributed by atoms with Gasteiger partial charge in [0.05, 0.1) is 17.2 Å². The van der Waals surface area contributed by atoms with Gasteiger partial charge in [0, 0.05) is 11.4 Å². The summed E-state index contributed by atoms with van der Waals surface area (Å²) in [4.78, 5) is 16.9. The molecule has 24 heavy (non-hydrogen) atoms. The van der Waals surface area contributed by atoms with E-state index in [1.807, 2.05) is 26.2 Å². The maximum absolute atomic E-state index is 12.6. The van der Waals surface area contributed by atoms with Crippen LogP contribution in [0.4, 0.5) is 0 Å². The van der Waals surface area contributed by atoms with Crippen molar-refractivity contribution in [1.29, 1.82) is 0 Å². The average Bonchev–Trinajstić information content (AvgIpc) is 3.17. The molecule has 130 valence electrons. The van der Waals surface area contributed by atoms with Crippen molar-refractivity contribution in [2.75, 3.05) is 20.6 Å². The van der Waals surface area contributed by atoms with E-state index in [-0.39, 0.29) is 11.9 Å². The number of hydrogen-bond donors (Lipinski definition) is 1. The van der Waals surface area contributed by atoms with Gasteiger partial charge in [-0.2, -0.15) is 0 Å². The number of carbonyl (C=O) groups is 1. The summed E-state index contributed by atoms with van der Waals surface area (Å²) in [5, 5.41) is 3.08. The summed E-state index contributed by atoms with van der Waals surface area (Å²) in [6.07, 6.45) is 9.03. The third kappa shape index (κ3) is 4.08. The van der Waals surface area contributed by atoms with Gasteiger partial charge in [-0.05, 0) is 63.5 Å². The van der Waals surface area contributed by atoms with E-state index in [1.54, 1.807) is 17.6 Å². The fraction of sp³-hybridized carbons (Fsp3) is 0.526. The van der Waals surface area contributed by atoms with Crippen molar-refractivity contribution in [3.63, 3.8) is 0 Å². The molecule has 0 spiro atoms. The number of nitrogens with zero attached hydrogens (tertiary/aromatic N) is 1. The minimum absolute atomic E-state index is 0.0325. The Morgan fingerprint density at radius 1 is 1.29 bits per heavy atom. The number of rotatable bonds is 5. The number of carbonyl (C=O) groups excluding carboxylic acids is 1. The largest absolute Gasteiger partial charge is 0.468 e. The molecule has 0 aromatic carbocycles. The van der Waals surface area contributed by atoms with E-state index in [9.17, 15) is 4.79 Å². The second-order valence-corrected chi connectivity index (χ2v) is 7.81. The zero-order valence-electron chi connectivity index (χ0n) is 14.5. The molecule has 1 atom stereocenters. The van der Waals surface area contributed by atoms with E-state index in [2.05, 4.69) is 16.3 Å². The molecule has 1 aliphatic rings. The van der Waals surface area contributed by atoms with E-state index in [4.69, 9.17) is 4.42 Å². The van der Waals surface area contributed by atoms with Gasteiger partial charge in [-0.3, -0.25) is 9.69 Å². The topological polar surface area (TPSA) is 45.5 Å². The molecule has 0 aliphatic heterocycles. The normalized spacial score (nSPS) is 16.3. The molecule has 3 rings (SSSR count). The molecule has 0 fully saturated rings. The van der Waals surface area contributed by atoms with E-state index >= 15 is 0 Å². The summed E-state index contributed by atoms with van der Waals surface area (Å²) in [5.74, 6) is 0.906. The third-order valence-electron chi connectivity index (χ3n) is 4.67. The summed E-state index contributed by atoms with van der Waals surface area (Å²) in [7, 11) is 3.99. The Balaban J connectivity index is 1.65. The van der Waals surface area contributed by atoms with Gasteiger partial charge >= 0.3 is 0 Å². The highest BCUT2D eigenvalue weighted by molar-refractivity contribution is 7.14. The fourth-order valence-electron chi connectivity index (χ4n) is 3.25. The van der Waals surface area contributed by atoms with Crippen LogP contribution in [-0.4, -0.2) is 31.4 Å². The van der Waals surface area contributed by atoms with Crippen LogP contribution in [0.2, 0.25) is 0 Å². The van der Waals surface area contributed by atoms with Crippen LogP contribution < -0.4 is 5.32 Å². The Morgan fingerprint density at radius 3 is 2.79 bits per heavy atom. The average molecular weight is 346 g/mol. The summed E-state index contributed by atoms with van der Waals surface area (Å²) < 4.78 is 5.50. The first-order valence-corrected chi connectivity index (χ1v) is 9.56. The maximum Gasteiger partial charge on any atom is 0.261 e. The van der Waals surface area contributed by atoms with Crippen molar-refractivity contribution in [1.82, 2.24) is 10.2 Å². The zero-order valence-corrected chi connectivity index (χ0v) is 15.3. The number of likely N-dealkylation sites (N-methyl/N-ethyl adjacent to an activating group) is 1. The minimum Gasteiger partial charge on any atom is -0.468 e. The van der Waals surface area contributed by atoms with Crippen LogP contribution in [0.1, 0.15) is 57.6 Å². The lowest BCUT2D eigenvalue weighted by Gasteiger charge is -2.22. The summed E-state index contributed by atoms with van der Waals surface area (Å²) >= 11 is 1.67. The summed E-state index contributed by atoms with van der Waals surface area (Å²) in [6.45, 7) is 0.544. The maximum atomic E-state index is 12.6. The Labute approximate surface area is 147 Å². The number of furan rings is 1. The predicted octanol–water partition coefficient (Wildman–Crippen LogP) is 4.03. The monoisotopic (exact) mass is 346 g/mol. The fourth-order valence-corrected chi connectivity index (χ4v) is 4.42.